The summed E-state index contributed by atoms with van der Waals surface area (Å²) < 4.78 is 7.40. The second kappa shape index (κ2) is 6.21. The van der Waals surface area contributed by atoms with Crippen LogP contribution in [0.15, 0.2) is 22.8 Å². The van der Waals surface area contributed by atoms with Gasteiger partial charge in [0.25, 0.3) is 0 Å². The molecular weight excluding hydrogens is 282 g/mol. The lowest BCUT2D eigenvalue weighted by atomic mass is 10.2. The largest absolute Gasteiger partial charge is 0.469 e. The lowest BCUT2D eigenvalue weighted by molar-refractivity contribution is 0.201. The van der Waals surface area contributed by atoms with Crippen molar-refractivity contribution in [1.82, 2.24) is 25.0 Å². The van der Waals surface area contributed by atoms with Gasteiger partial charge in [0.2, 0.25) is 0 Å². The summed E-state index contributed by atoms with van der Waals surface area (Å²) in [6.45, 7) is 3.37. The highest BCUT2D eigenvalue weighted by molar-refractivity contribution is 5.74. The van der Waals surface area contributed by atoms with E-state index in [1.165, 1.54) is 0 Å². The molecule has 0 saturated heterocycles. The second-order valence-electron chi connectivity index (χ2n) is 5.78. The number of nitrogens with zero attached hydrogens (tertiary/aromatic N) is 4. The number of hydrogen-bond acceptors (Lipinski definition) is 4. The van der Waals surface area contributed by atoms with Crippen molar-refractivity contribution in [3.63, 3.8) is 0 Å². The Bertz CT molecular complexity index is 634. The zero-order valence-corrected chi connectivity index (χ0v) is 13.0. The topological polar surface area (TPSA) is 76.2 Å². The first kappa shape index (κ1) is 14.6. The van der Waals surface area contributed by atoms with Crippen LogP contribution in [-0.2, 0) is 25.9 Å². The van der Waals surface area contributed by atoms with Crippen LogP contribution in [0.4, 0.5) is 4.79 Å². The van der Waals surface area contributed by atoms with Crippen LogP contribution < -0.4 is 5.32 Å². The summed E-state index contributed by atoms with van der Waals surface area (Å²) in [5.41, 5.74) is 0. The SMILES string of the molecule is CC(Cc1ccco1)NC(=O)N(C)Cc1nnc2n1CCC2. The number of urea groups is 1. The maximum Gasteiger partial charge on any atom is 0.317 e. The Morgan fingerprint density at radius 1 is 1.55 bits per heavy atom. The molecule has 3 heterocycles. The van der Waals surface area contributed by atoms with E-state index in [0.29, 0.717) is 13.0 Å². The maximum atomic E-state index is 12.2. The Hall–Kier alpha value is -2.31. The summed E-state index contributed by atoms with van der Waals surface area (Å²) >= 11 is 0. The number of aromatic nitrogens is 3. The van der Waals surface area contributed by atoms with Gasteiger partial charge >= 0.3 is 6.03 Å². The fraction of sp³-hybridized carbons (Fsp3) is 0.533. The van der Waals surface area contributed by atoms with Crippen LogP contribution >= 0.6 is 0 Å². The summed E-state index contributed by atoms with van der Waals surface area (Å²) in [4.78, 5) is 13.9. The lowest BCUT2D eigenvalue weighted by Gasteiger charge is -2.20. The number of hydrogen-bond donors (Lipinski definition) is 1. The van der Waals surface area contributed by atoms with E-state index in [1.54, 1.807) is 18.2 Å². The quantitative estimate of drug-likeness (QED) is 0.910. The first-order valence-electron chi connectivity index (χ1n) is 7.58. The molecule has 2 amide bonds. The van der Waals surface area contributed by atoms with Gasteiger partial charge in [-0.3, -0.25) is 0 Å². The van der Waals surface area contributed by atoms with E-state index >= 15 is 0 Å². The first-order valence-corrected chi connectivity index (χ1v) is 7.58. The number of nitrogens with one attached hydrogen (secondary N) is 1. The molecule has 0 spiro atoms. The number of rotatable bonds is 5. The van der Waals surface area contributed by atoms with Crippen molar-refractivity contribution in [1.29, 1.82) is 0 Å². The summed E-state index contributed by atoms with van der Waals surface area (Å²) in [5, 5.41) is 11.3. The van der Waals surface area contributed by atoms with Crippen LogP contribution in [0.5, 0.6) is 0 Å². The molecule has 7 heteroatoms. The van der Waals surface area contributed by atoms with E-state index in [2.05, 4.69) is 20.1 Å². The Morgan fingerprint density at radius 2 is 2.41 bits per heavy atom. The number of fused-ring (bicyclic) bond motifs is 1. The number of aryl methyl sites for hydroxylation is 1. The molecule has 3 rings (SSSR count). The Morgan fingerprint density at radius 3 is 3.18 bits per heavy atom. The summed E-state index contributed by atoms with van der Waals surface area (Å²) in [6.07, 6.45) is 4.39. The predicted octanol–water partition coefficient (Wildman–Crippen LogP) is 1.59. The fourth-order valence-corrected chi connectivity index (χ4v) is 2.71. The molecule has 118 valence electrons. The molecular formula is C15H21N5O2. The first-order chi connectivity index (χ1) is 10.6. The van der Waals surface area contributed by atoms with Gasteiger partial charge in [-0.2, -0.15) is 0 Å². The summed E-state index contributed by atoms with van der Waals surface area (Å²) in [7, 11) is 1.77. The van der Waals surface area contributed by atoms with Crippen LogP contribution in [0.1, 0.15) is 30.8 Å². The Labute approximate surface area is 129 Å². The van der Waals surface area contributed by atoms with E-state index in [1.807, 2.05) is 19.1 Å². The summed E-state index contributed by atoms with van der Waals surface area (Å²) in [6, 6.07) is 3.65. The maximum absolute atomic E-state index is 12.2. The van der Waals surface area contributed by atoms with Gasteiger partial charge in [0.05, 0.1) is 12.8 Å². The highest BCUT2D eigenvalue weighted by atomic mass is 16.3. The number of carbonyl (C=O) groups is 1. The van der Waals surface area contributed by atoms with Gasteiger partial charge in [-0.15, -0.1) is 10.2 Å². The third kappa shape index (κ3) is 3.13. The van der Waals surface area contributed by atoms with Crippen molar-refractivity contribution in [3.8, 4) is 0 Å². The lowest BCUT2D eigenvalue weighted by Crippen LogP contribution is -2.42. The van der Waals surface area contributed by atoms with Crippen molar-refractivity contribution in [2.75, 3.05) is 7.05 Å². The molecule has 1 unspecified atom stereocenters. The minimum Gasteiger partial charge on any atom is -0.469 e. The smallest absolute Gasteiger partial charge is 0.317 e. The molecule has 2 aromatic heterocycles. The number of furan rings is 1. The molecule has 0 fully saturated rings. The molecule has 7 nitrogen and oxygen atoms in total. The van der Waals surface area contributed by atoms with E-state index in [-0.39, 0.29) is 12.1 Å². The van der Waals surface area contributed by atoms with Crippen molar-refractivity contribution in [2.45, 2.75) is 45.3 Å². The Balaban J connectivity index is 1.53. The van der Waals surface area contributed by atoms with Gasteiger partial charge in [0, 0.05) is 32.5 Å². The van der Waals surface area contributed by atoms with Gasteiger partial charge in [-0.05, 0) is 25.5 Å². The molecule has 1 N–H and O–H groups in total. The molecule has 1 aliphatic rings. The van der Waals surface area contributed by atoms with Crippen LogP contribution in [-0.4, -0.2) is 38.8 Å². The van der Waals surface area contributed by atoms with Crippen molar-refractivity contribution in [2.24, 2.45) is 0 Å². The average molecular weight is 303 g/mol. The summed E-state index contributed by atoms with van der Waals surface area (Å²) in [5.74, 6) is 2.74. The molecule has 2 aromatic rings. The molecule has 0 radical (unpaired) electrons. The third-order valence-electron chi connectivity index (χ3n) is 3.87. The minimum atomic E-state index is -0.116. The molecule has 1 atom stereocenters. The minimum absolute atomic E-state index is 0.00483. The van der Waals surface area contributed by atoms with Gasteiger partial charge in [0.1, 0.15) is 11.6 Å². The van der Waals surface area contributed by atoms with Gasteiger partial charge in [-0.1, -0.05) is 0 Å². The zero-order chi connectivity index (χ0) is 15.5. The number of carbonyl (C=O) groups excluding carboxylic acids is 1. The molecule has 22 heavy (non-hydrogen) atoms. The van der Waals surface area contributed by atoms with Crippen LogP contribution in [0.25, 0.3) is 0 Å². The van der Waals surface area contributed by atoms with E-state index in [9.17, 15) is 4.79 Å². The van der Waals surface area contributed by atoms with Crippen LogP contribution in [0.3, 0.4) is 0 Å². The van der Waals surface area contributed by atoms with Gasteiger partial charge in [-0.25, -0.2) is 4.79 Å². The monoisotopic (exact) mass is 303 g/mol. The van der Waals surface area contributed by atoms with Crippen molar-refractivity contribution < 1.29 is 9.21 Å². The normalized spacial score (nSPS) is 14.6. The molecule has 0 saturated carbocycles. The van der Waals surface area contributed by atoms with Crippen molar-refractivity contribution >= 4 is 6.03 Å². The van der Waals surface area contributed by atoms with E-state index in [0.717, 1.165) is 36.8 Å². The fourth-order valence-electron chi connectivity index (χ4n) is 2.71. The van der Waals surface area contributed by atoms with E-state index in [4.69, 9.17) is 4.42 Å². The zero-order valence-electron chi connectivity index (χ0n) is 13.0. The van der Waals surface area contributed by atoms with Crippen LogP contribution in [0, 0.1) is 0 Å². The molecule has 0 aromatic carbocycles. The molecule has 0 aliphatic carbocycles. The highest BCUT2D eigenvalue weighted by Gasteiger charge is 2.20. The van der Waals surface area contributed by atoms with Crippen molar-refractivity contribution in [3.05, 3.63) is 35.8 Å². The average Bonchev–Trinajstić information content (AvgIpc) is 3.17. The Kier molecular flexibility index (Phi) is 4.13. The second-order valence-corrected chi connectivity index (χ2v) is 5.78. The molecule has 1 aliphatic heterocycles. The van der Waals surface area contributed by atoms with Gasteiger partial charge < -0.3 is 19.2 Å². The number of amides is 2. The molecule has 0 bridgehead atoms. The van der Waals surface area contributed by atoms with E-state index < -0.39 is 0 Å². The van der Waals surface area contributed by atoms with Crippen LogP contribution in [0.2, 0.25) is 0 Å². The predicted molar refractivity (Wildman–Crippen MR) is 80.2 cm³/mol. The standard InChI is InChI=1S/C15H21N5O2/c1-11(9-12-5-4-8-22-12)16-15(21)19(2)10-14-18-17-13-6-3-7-20(13)14/h4-5,8,11H,3,6-7,9-10H2,1-2H3,(H,16,21). The third-order valence-corrected chi connectivity index (χ3v) is 3.87. The highest BCUT2D eigenvalue weighted by Crippen LogP contribution is 2.15. The van der Waals surface area contributed by atoms with Gasteiger partial charge in [0.15, 0.2) is 5.82 Å².